The van der Waals surface area contributed by atoms with Crippen LogP contribution in [-0.4, -0.2) is 23.3 Å². The summed E-state index contributed by atoms with van der Waals surface area (Å²) < 4.78 is 4.60. The fourth-order valence-corrected chi connectivity index (χ4v) is 1.47. The first-order valence-corrected chi connectivity index (χ1v) is 6.02. The van der Waals surface area contributed by atoms with Crippen molar-refractivity contribution in [3.05, 3.63) is 32.3 Å². The Morgan fingerprint density at radius 1 is 1.50 bits per heavy atom. The number of anilines is 1. The van der Waals surface area contributed by atoms with Gasteiger partial charge in [-0.3, -0.25) is 15.5 Å². The van der Waals surface area contributed by atoms with Gasteiger partial charge >= 0.3 is 5.97 Å². The van der Waals surface area contributed by atoms with Crippen LogP contribution in [-0.2, 0) is 9.53 Å². The first-order chi connectivity index (χ1) is 9.36. The molecule has 0 heterocycles. The molecule has 0 saturated heterocycles. The Kier molecular flexibility index (Phi) is 5.53. The third-order valence-corrected chi connectivity index (χ3v) is 2.74. The Balaban J connectivity index is 3.03. The van der Waals surface area contributed by atoms with Gasteiger partial charge in [0.1, 0.15) is 5.69 Å². The summed E-state index contributed by atoms with van der Waals surface area (Å²) in [5.74, 6) is -1.32. The van der Waals surface area contributed by atoms with Gasteiger partial charge in [0.2, 0.25) is 5.84 Å². The molecule has 3 N–H and O–H groups in total. The second-order valence-corrected chi connectivity index (χ2v) is 4.18. The number of carbonyl (C=O) groups excluding carboxylic acids is 1. The molecule has 10 heteroatoms. The SMILES string of the molecule is CCOC(=O)/C(N)=N\Nc1cc(Cl)c(Cl)cc1[N+](=O)[O-]. The summed E-state index contributed by atoms with van der Waals surface area (Å²) in [7, 11) is 0. The molecule has 0 atom stereocenters. The first-order valence-electron chi connectivity index (χ1n) is 5.26. The van der Waals surface area contributed by atoms with Crippen molar-refractivity contribution in [3.8, 4) is 0 Å². The average Bonchev–Trinajstić information content (AvgIpc) is 2.39. The molecular formula is C10H10Cl2N4O4. The number of nitrogens with one attached hydrogen (secondary N) is 1. The van der Waals surface area contributed by atoms with Gasteiger partial charge in [-0.1, -0.05) is 23.2 Å². The number of amidine groups is 1. The lowest BCUT2D eigenvalue weighted by molar-refractivity contribution is -0.383. The van der Waals surface area contributed by atoms with Crippen molar-refractivity contribution in [2.24, 2.45) is 10.8 Å². The fourth-order valence-electron chi connectivity index (χ4n) is 1.15. The summed E-state index contributed by atoms with van der Waals surface area (Å²) in [5, 5.41) is 14.5. The highest BCUT2D eigenvalue weighted by atomic mass is 35.5. The fraction of sp³-hybridized carbons (Fsp3) is 0.200. The second-order valence-electron chi connectivity index (χ2n) is 3.37. The minimum atomic E-state index is -0.845. The van der Waals surface area contributed by atoms with Gasteiger partial charge in [-0.05, 0) is 13.0 Å². The van der Waals surface area contributed by atoms with Gasteiger partial charge in [-0.15, -0.1) is 5.10 Å². The van der Waals surface area contributed by atoms with Crippen LogP contribution in [0.3, 0.4) is 0 Å². The van der Waals surface area contributed by atoms with E-state index in [0.717, 1.165) is 6.07 Å². The lowest BCUT2D eigenvalue weighted by Crippen LogP contribution is -2.27. The van der Waals surface area contributed by atoms with Crippen LogP contribution in [0.2, 0.25) is 10.0 Å². The van der Waals surface area contributed by atoms with Crippen LogP contribution >= 0.6 is 23.2 Å². The molecule has 0 aliphatic rings. The number of nitro benzene ring substituents is 1. The zero-order valence-corrected chi connectivity index (χ0v) is 11.7. The smallest absolute Gasteiger partial charge is 0.375 e. The highest BCUT2D eigenvalue weighted by molar-refractivity contribution is 6.42. The zero-order valence-electron chi connectivity index (χ0n) is 10.2. The zero-order chi connectivity index (χ0) is 15.3. The van der Waals surface area contributed by atoms with E-state index in [9.17, 15) is 14.9 Å². The number of hydrazone groups is 1. The number of nitro groups is 1. The van der Waals surface area contributed by atoms with Gasteiger partial charge in [-0.25, -0.2) is 4.79 Å². The van der Waals surface area contributed by atoms with Crippen molar-refractivity contribution in [2.75, 3.05) is 12.0 Å². The third kappa shape index (κ3) is 3.97. The van der Waals surface area contributed by atoms with Crippen LogP contribution in [0.5, 0.6) is 0 Å². The van der Waals surface area contributed by atoms with E-state index < -0.39 is 16.7 Å². The summed E-state index contributed by atoms with van der Waals surface area (Å²) in [5.41, 5.74) is 7.19. The van der Waals surface area contributed by atoms with Crippen LogP contribution in [0.4, 0.5) is 11.4 Å². The van der Waals surface area contributed by atoms with E-state index in [1.807, 2.05) is 0 Å². The summed E-state index contributed by atoms with van der Waals surface area (Å²) in [6.45, 7) is 1.73. The molecule has 0 aliphatic carbocycles. The number of benzene rings is 1. The third-order valence-electron chi connectivity index (χ3n) is 2.02. The molecule has 1 rings (SSSR count). The van der Waals surface area contributed by atoms with Crippen LogP contribution < -0.4 is 11.2 Å². The average molecular weight is 321 g/mol. The summed E-state index contributed by atoms with van der Waals surface area (Å²) in [6.07, 6.45) is 0. The van der Waals surface area contributed by atoms with Crippen LogP contribution in [0.25, 0.3) is 0 Å². The molecule has 20 heavy (non-hydrogen) atoms. The number of hydrogen-bond acceptors (Lipinski definition) is 6. The van der Waals surface area contributed by atoms with Crippen LogP contribution in [0, 0.1) is 10.1 Å². The van der Waals surface area contributed by atoms with E-state index in [4.69, 9.17) is 28.9 Å². The van der Waals surface area contributed by atoms with Crippen molar-refractivity contribution in [1.29, 1.82) is 0 Å². The van der Waals surface area contributed by atoms with Gasteiger partial charge in [0.05, 0.1) is 21.6 Å². The number of nitrogens with two attached hydrogens (primary N) is 1. The lowest BCUT2D eigenvalue weighted by atomic mass is 10.3. The monoisotopic (exact) mass is 320 g/mol. The second kappa shape index (κ2) is 6.92. The summed E-state index contributed by atoms with van der Waals surface area (Å²) >= 11 is 11.4. The predicted molar refractivity (Wildman–Crippen MR) is 75.0 cm³/mol. The quantitative estimate of drug-likeness (QED) is 0.288. The number of rotatable bonds is 4. The molecule has 0 aromatic heterocycles. The van der Waals surface area contributed by atoms with Gasteiger partial charge in [-0.2, -0.15) is 0 Å². The standard InChI is InChI=1S/C10H10Cl2N4O4/c1-2-20-10(17)9(13)15-14-7-3-5(11)6(12)4-8(7)16(18)19/h3-4,14H,2H2,1H3,(H2,13,15). The van der Waals surface area contributed by atoms with Crippen molar-refractivity contribution in [1.82, 2.24) is 0 Å². The molecule has 1 aromatic carbocycles. The molecule has 108 valence electrons. The van der Waals surface area contributed by atoms with Crippen LogP contribution in [0.15, 0.2) is 17.2 Å². The molecule has 0 saturated carbocycles. The summed E-state index contributed by atoms with van der Waals surface area (Å²) in [6, 6.07) is 2.26. The number of halogens is 2. The molecule has 0 unspecified atom stereocenters. The number of carbonyl (C=O) groups is 1. The Morgan fingerprint density at radius 3 is 2.65 bits per heavy atom. The number of hydrogen-bond donors (Lipinski definition) is 2. The maximum atomic E-state index is 11.2. The van der Waals surface area contributed by atoms with Gasteiger partial charge in [0, 0.05) is 6.07 Å². The van der Waals surface area contributed by atoms with Crippen molar-refractivity contribution in [3.63, 3.8) is 0 Å². The Bertz CT molecular complexity index is 577. The van der Waals surface area contributed by atoms with E-state index in [0.29, 0.717) is 0 Å². The Morgan fingerprint density at radius 2 is 2.10 bits per heavy atom. The molecular weight excluding hydrogens is 311 g/mol. The van der Waals surface area contributed by atoms with Crippen LogP contribution in [0.1, 0.15) is 6.92 Å². The van der Waals surface area contributed by atoms with E-state index in [-0.39, 0.29) is 28.0 Å². The van der Waals surface area contributed by atoms with Crippen molar-refractivity contribution < 1.29 is 14.5 Å². The molecule has 0 aliphatic heterocycles. The van der Waals surface area contributed by atoms with E-state index in [1.165, 1.54) is 6.07 Å². The summed E-state index contributed by atoms with van der Waals surface area (Å²) in [4.78, 5) is 21.4. The predicted octanol–water partition coefficient (Wildman–Crippen LogP) is 2.15. The number of ether oxygens (including phenoxy) is 1. The van der Waals surface area contributed by atoms with Crippen molar-refractivity contribution >= 4 is 46.4 Å². The minimum Gasteiger partial charge on any atom is -0.460 e. The molecule has 8 nitrogen and oxygen atoms in total. The van der Waals surface area contributed by atoms with E-state index in [1.54, 1.807) is 6.92 Å². The molecule has 0 bridgehead atoms. The van der Waals surface area contributed by atoms with E-state index >= 15 is 0 Å². The molecule has 1 aromatic rings. The number of nitrogens with zero attached hydrogens (tertiary/aromatic N) is 2. The highest BCUT2D eigenvalue weighted by Gasteiger charge is 2.17. The van der Waals surface area contributed by atoms with Gasteiger partial charge in [0.25, 0.3) is 5.69 Å². The molecule has 0 spiro atoms. The Hall–Kier alpha value is -2.06. The molecule has 0 fully saturated rings. The molecule has 0 amide bonds. The number of esters is 1. The normalized spacial score (nSPS) is 11.1. The maximum absolute atomic E-state index is 11.2. The van der Waals surface area contributed by atoms with Gasteiger partial charge in [0.15, 0.2) is 0 Å². The maximum Gasteiger partial charge on any atom is 0.375 e. The first kappa shape index (κ1) is 16.0. The topological polar surface area (TPSA) is 120 Å². The van der Waals surface area contributed by atoms with Crippen molar-refractivity contribution in [2.45, 2.75) is 6.92 Å². The lowest BCUT2D eigenvalue weighted by Gasteiger charge is -2.05. The highest BCUT2D eigenvalue weighted by Crippen LogP contribution is 2.33. The van der Waals surface area contributed by atoms with E-state index in [2.05, 4.69) is 15.3 Å². The minimum absolute atomic E-state index is 0.0197. The Labute approximate surface area is 123 Å². The molecule has 0 radical (unpaired) electrons. The largest absolute Gasteiger partial charge is 0.460 e. The van der Waals surface area contributed by atoms with Gasteiger partial charge < -0.3 is 10.5 Å².